The second-order valence-electron chi connectivity index (χ2n) is 10.3. The minimum Gasteiger partial charge on any atom is -0.423 e. The number of rotatable bonds is 14. The number of amides is 3. The molecule has 8 N–H and O–H groups in total. The fourth-order valence-electron chi connectivity index (χ4n) is 4.84. The monoisotopic (exact) mass is 606 g/mol. The summed E-state index contributed by atoms with van der Waals surface area (Å²) in [6.07, 6.45) is -5.27. The standard InChI is InChI=1S/C28H38BF3N6O5/c1-37(27-20-4-2-3-5-21(20)29(42)43-27)26(41)23(12-8-18-6-9-19(10-7-18)28(30,31)32)36-25(40)22(35)11-13-24(39)38(16-14-33)17-15-34/h2-7,9-10,22-23,27,42H,8,11-17,33-35H2,1H3,(H,36,40)/t22-,23+,27+/m0/s1. The number of aryl methyl sites for hydroxylation is 1. The van der Waals surface area contributed by atoms with Crippen molar-refractivity contribution in [3.63, 3.8) is 0 Å². The number of hydrogen-bond donors (Lipinski definition) is 5. The Morgan fingerprint density at radius 2 is 1.67 bits per heavy atom. The third-order valence-electron chi connectivity index (χ3n) is 7.26. The van der Waals surface area contributed by atoms with Crippen LogP contribution < -0.4 is 28.0 Å². The molecule has 3 amide bonds. The summed E-state index contributed by atoms with van der Waals surface area (Å²) in [5, 5.41) is 13.0. The SMILES string of the molecule is CN(C(=O)[C@@H](CCc1ccc(C(F)(F)F)cc1)NC(=O)[C@@H](N)CCC(=O)N(CCN)CCN)[C@@H]1OB(O)c2ccccc21. The van der Waals surface area contributed by atoms with Gasteiger partial charge < -0.3 is 42.0 Å². The molecule has 2 aromatic carbocycles. The van der Waals surface area contributed by atoms with E-state index in [1.165, 1.54) is 29.0 Å². The molecule has 0 spiro atoms. The van der Waals surface area contributed by atoms with Gasteiger partial charge in [-0.2, -0.15) is 13.2 Å². The van der Waals surface area contributed by atoms with Crippen LogP contribution in [-0.2, 0) is 31.6 Å². The highest BCUT2D eigenvalue weighted by molar-refractivity contribution is 6.61. The number of nitrogens with one attached hydrogen (secondary N) is 1. The quantitative estimate of drug-likeness (QED) is 0.185. The van der Waals surface area contributed by atoms with Gasteiger partial charge in [0.25, 0.3) is 0 Å². The molecule has 0 unspecified atom stereocenters. The topological polar surface area (TPSA) is 177 Å². The molecular weight excluding hydrogens is 568 g/mol. The number of hydrogen-bond acceptors (Lipinski definition) is 8. The average molecular weight is 606 g/mol. The molecule has 1 aliphatic heterocycles. The maximum absolute atomic E-state index is 13.7. The van der Waals surface area contributed by atoms with E-state index < -0.39 is 49.0 Å². The minimum atomic E-state index is -4.49. The van der Waals surface area contributed by atoms with Crippen molar-refractivity contribution in [3.8, 4) is 0 Å². The van der Waals surface area contributed by atoms with E-state index in [1.54, 1.807) is 24.3 Å². The highest BCUT2D eigenvalue weighted by Gasteiger charge is 2.40. The van der Waals surface area contributed by atoms with Crippen LogP contribution in [0.15, 0.2) is 48.5 Å². The average Bonchev–Trinajstić information content (AvgIpc) is 3.32. The number of alkyl halides is 3. The zero-order valence-electron chi connectivity index (χ0n) is 23.9. The molecule has 43 heavy (non-hydrogen) atoms. The van der Waals surface area contributed by atoms with E-state index in [0.717, 1.165) is 12.1 Å². The molecule has 11 nitrogen and oxygen atoms in total. The van der Waals surface area contributed by atoms with E-state index in [-0.39, 0.29) is 44.7 Å². The number of carbonyl (C=O) groups is 3. The van der Waals surface area contributed by atoms with Gasteiger partial charge in [-0.1, -0.05) is 36.4 Å². The fraction of sp³-hybridized carbons (Fsp3) is 0.464. The van der Waals surface area contributed by atoms with Crippen LogP contribution >= 0.6 is 0 Å². The predicted octanol–water partition coefficient (Wildman–Crippen LogP) is -0.149. The Kier molecular flexibility index (Phi) is 12.1. The number of fused-ring (bicyclic) bond motifs is 1. The van der Waals surface area contributed by atoms with Crippen LogP contribution in [-0.4, -0.2) is 85.0 Å². The third kappa shape index (κ3) is 9.00. The summed E-state index contributed by atoms with van der Waals surface area (Å²) < 4.78 is 44.6. The van der Waals surface area contributed by atoms with Crippen LogP contribution in [0, 0.1) is 0 Å². The van der Waals surface area contributed by atoms with Crippen molar-refractivity contribution >= 4 is 30.3 Å². The van der Waals surface area contributed by atoms with E-state index in [2.05, 4.69) is 5.32 Å². The zero-order valence-corrected chi connectivity index (χ0v) is 23.9. The van der Waals surface area contributed by atoms with Crippen LogP contribution in [0.3, 0.4) is 0 Å². The highest BCUT2D eigenvalue weighted by atomic mass is 19.4. The number of carbonyl (C=O) groups excluding carboxylic acids is 3. The normalized spacial score (nSPS) is 15.9. The summed E-state index contributed by atoms with van der Waals surface area (Å²) in [5.41, 5.74) is 18.0. The Hall–Kier alpha value is -3.50. The first-order valence-electron chi connectivity index (χ1n) is 14.0. The maximum Gasteiger partial charge on any atom is 0.493 e. The van der Waals surface area contributed by atoms with Gasteiger partial charge in [0.2, 0.25) is 17.7 Å². The molecule has 2 aromatic rings. The third-order valence-corrected chi connectivity index (χ3v) is 7.26. The molecule has 0 saturated carbocycles. The van der Waals surface area contributed by atoms with Gasteiger partial charge in [0, 0.05) is 39.6 Å². The number of likely N-dealkylation sites (N-methyl/N-ethyl adjacent to an activating group) is 1. The van der Waals surface area contributed by atoms with Gasteiger partial charge in [-0.15, -0.1) is 0 Å². The van der Waals surface area contributed by atoms with Crippen molar-refractivity contribution in [3.05, 3.63) is 65.2 Å². The summed E-state index contributed by atoms with van der Waals surface area (Å²) in [6, 6.07) is 9.10. The van der Waals surface area contributed by atoms with Crippen molar-refractivity contribution in [2.75, 3.05) is 33.2 Å². The van der Waals surface area contributed by atoms with Crippen molar-refractivity contribution in [1.29, 1.82) is 0 Å². The lowest BCUT2D eigenvalue weighted by Crippen LogP contribution is -2.53. The Labute approximate surface area is 248 Å². The van der Waals surface area contributed by atoms with Crippen LogP contribution in [0.5, 0.6) is 0 Å². The van der Waals surface area contributed by atoms with Crippen molar-refractivity contribution in [2.45, 2.75) is 50.2 Å². The largest absolute Gasteiger partial charge is 0.493 e. The molecule has 0 aliphatic carbocycles. The lowest BCUT2D eigenvalue weighted by Gasteiger charge is -2.30. The molecule has 234 valence electrons. The molecule has 1 aliphatic rings. The summed E-state index contributed by atoms with van der Waals surface area (Å²) in [5.74, 6) is -1.50. The Bertz CT molecular complexity index is 1250. The first kappa shape index (κ1) is 34.0. The number of benzene rings is 2. The lowest BCUT2D eigenvalue weighted by atomic mass is 9.79. The first-order valence-corrected chi connectivity index (χ1v) is 14.0. The van der Waals surface area contributed by atoms with Crippen molar-refractivity contribution in [1.82, 2.24) is 15.1 Å². The Balaban J connectivity index is 1.73. The van der Waals surface area contributed by atoms with Crippen LogP contribution in [0.2, 0.25) is 0 Å². The summed E-state index contributed by atoms with van der Waals surface area (Å²) in [4.78, 5) is 42.1. The maximum atomic E-state index is 13.7. The molecule has 0 radical (unpaired) electrons. The number of nitrogens with two attached hydrogens (primary N) is 3. The van der Waals surface area contributed by atoms with Crippen molar-refractivity contribution < 1.29 is 37.2 Å². The second kappa shape index (κ2) is 15.3. The summed E-state index contributed by atoms with van der Waals surface area (Å²) in [6.45, 7) is 1.12. The van der Waals surface area contributed by atoms with Gasteiger partial charge in [0.1, 0.15) is 12.3 Å². The summed E-state index contributed by atoms with van der Waals surface area (Å²) in [7, 11) is 0.210. The minimum absolute atomic E-state index is 0.00271. The van der Waals surface area contributed by atoms with Gasteiger partial charge in [-0.25, -0.2) is 0 Å². The van der Waals surface area contributed by atoms with Gasteiger partial charge in [-0.05, 0) is 48.0 Å². The van der Waals surface area contributed by atoms with Crippen molar-refractivity contribution in [2.24, 2.45) is 17.2 Å². The number of halogens is 3. The van der Waals surface area contributed by atoms with Crippen LogP contribution in [0.1, 0.15) is 42.2 Å². The first-order chi connectivity index (χ1) is 20.4. The molecule has 1 heterocycles. The van der Waals surface area contributed by atoms with E-state index in [4.69, 9.17) is 21.9 Å². The fourth-order valence-corrected chi connectivity index (χ4v) is 4.84. The Morgan fingerprint density at radius 3 is 2.28 bits per heavy atom. The smallest absolute Gasteiger partial charge is 0.423 e. The van der Waals surface area contributed by atoms with E-state index >= 15 is 0 Å². The van der Waals surface area contributed by atoms with Crippen LogP contribution in [0.25, 0.3) is 0 Å². The highest BCUT2D eigenvalue weighted by Crippen LogP contribution is 2.30. The van der Waals surface area contributed by atoms with E-state index in [1.807, 2.05) is 0 Å². The number of nitrogens with zero attached hydrogens (tertiary/aromatic N) is 2. The Morgan fingerprint density at radius 1 is 1.05 bits per heavy atom. The van der Waals surface area contributed by atoms with Gasteiger partial charge in [-0.3, -0.25) is 14.4 Å². The lowest BCUT2D eigenvalue weighted by molar-refractivity contribution is -0.142. The molecule has 3 rings (SSSR count). The predicted molar refractivity (Wildman–Crippen MR) is 154 cm³/mol. The van der Waals surface area contributed by atoms with Crippen LogP contribution in [0.4, 0.5) is 13.2 Å². The van der Waals surface area contributed by atoms with E-state index in [0.29, 0.717) is 29.7 Å². The molecule has 0 aromatic heterocycles. The molecule has 0 bridgehead atoms. The molecule has 3 atom stereocenters. The molecule has 0 fully saturated rings. The van der Waals surface area contributed by atoms with Gasteiger partial charge in [0.15, 0.2) is 0 Å². The second-order valence-corrected chi connectivity index (χ2v) is 10.3. The zero-order chi connectivity index (χ0) is 31.7. The van der Waals surface area contributed by atoms with Gasteiger partial charge >= 0.3 is 13.3 Å². The molecular formula is C28H38BF3N6O5. The molecule has 0 saturated heterocycles. The van der Waals surface area contributed by atoms with Gasteiger partial charge in [0.05, 0.1) is 11.6 Å². The summed E-state index contributed by atoms with van der Waals surface area (Å²) >= 11 is 0. The molecule has 15 heteroatoms. The van der Waals surface area contributed by atoms with E-state index in [9.17, 15) is 32.6 Å².